The molecule has 0 radical (unpaired) electrons. The number of carboxylic acids is 2. The van der Waals surface area contributed by atoms with Crippen LogP contribution in [0.25, 0.3) is 0 Å². The van der Waals surface area contributed by atoms with Gasteiger partial charge in [-0.1, -0.05) is 0 Å². The highest BCUT2D eigenvalue weighted by Gasteiger charge is 2.01. The second-order valence-corrected chi connectivity index (χ2v) is 3.18. The molecule has 0 amide bonds. The van der Waals surface area contributed by atoms with Crippen molar-refractivity contribution in [3.63, 3.8) is 0 Å². The Morgan fingerprint density at radius 1 is 0.833 bits per heavy atom. The molecule has 0 aliphatic carbocycles. The molecule has 0 fully saturated rings. The van der Waals surface area contributed by atoms with Crippen LogP contribution >= 0.6 is 0 Å². The van der Waals surface area contributed by atoms with Crippen molar-refractivity contribution in [3.05, 3.63) is 0 Å². The van der Waals surface area contributed by atoms with Crippen LogP contribution in [0.5, 0.6) is 0 Å². The Hall–Kier alpha value is -1.22. The highest BCUT2D eigenvalue weighted by molar-refractivity contribution is 5.71. The van der Waals surface area contributed by atoms with Crippen molar-refractivity contribution >= 4 is 11.9 Å². The summed E-state index contributed by atoms with van der Waals surface area (Å²) in [7, 11) is 0. The van der Waals surface area contributed by atoms with Gasteiger partial charge in [0.05, 0.1) is 0 Å². The van der Waals surface area contributed by atoms with Gasteiger partial charge in [0, 0.05) is 13.2 Å². The third-order valence-corrected chi connectivity index (χ3v) is 1.28. The molecule has 0 bridgehead atoms. The van der Waals surface area contributed by atoms with Crippen molar-refractivity contribution in [2.24, 2.45) is 0 Å². The topological polar surface area (TPSA) is 156 Å². The smallest absolute Gasteiger partial charge is 0.332 e. The predicted molar refractivity (Wildman–Crippen MR) is 62.0 cm³/mol. The van der Waals surface area contributed by atoms with Gasteiger partial charge in [0.1, 0.15) is 12.2 Å². The Bertz CT molecular complexity index is 180. The fourth-order valence-electron chi connectivity index (χ4n) is 0.224. The van der Waals surface area contributed by atoms with Crippen LogP contribution in [0.3, 0.4) is 0 Å². The van der Waals surface area contributed by atoms with E-state index in [0.29, 0.717) is 0 Å². The molecule has 0 aliphatic heterocycles. The third-order valence-electron chi connectivity index (χ3n) is 1.28. The van der Waals surface area contributed by atoms with Gasteiger partial charge in [-0.05, 0) is 26.7 Å². The Morgan fingerprint density at radius 3 is 1.06 bits per heavy atom. The molecule has 0 heterocycles. The number of hydrogen-bond acceptors (Lipinski definition) is 6. The van der Waals surface area contributed by atoms with Crippen LogP contribution in [0.15, 0.2) is 0 Å². The van der Waals surface area contributed by atoms with E-state index in [0.717, 1.165) is 12.8 Å². The first-order valence-corrected chi connectivity index (χ1v) is 5.24. The first-order valence-electron chi connectivity index (χ1n) is 5.24. The van der Waals surface area contributed by atoms with Crippen LogP contribution in [0, 0.1) is 0 Å². The zero-order valence-electron chi connectivity index (χ0n) is 10.5. The first kappa shape index (κ1) is 22.0. The summed E-state index contributed by atoms with van der Waals surface area (Å²) in [6.07, 6.45) is -1.03. The van der Waals surface area contributed by atoms with Gasteiger partial charge in [0.15, 0.2) is 0 Å². The van der Waals surface area contributed by atoms with Crippen LogP contribution in [-0.4, -0.2) is 68.0 Å². The maximum atomic E-state index is 9.45. The Morgan fingerprint density at radius 2 is 1.00 bits per heavy atom. The number of carboxylic acid groups (broad SMARTS) is 2. The van der Waals surface area contributed by atoms with E-state index in [-0.39, 0.29) is 13.2 Å². The summed E-state index contributed by atoms with van der Waals surface area (Å²) in [5, 5.41) is 47.7. The lowest BCUT2D eigenvalue weighted by Gasteiger charge is -1.89. The highest BCUT2D eigenvalue weighted by Crippen LogP contribution is 1.80. The molecule has 0 unspecified atom stereocenters. The summed E-state index contributed by atoms with van der Waals surface area (Å²) >= 11 is 0. The summed E-state index contributed by atoms with van der Waals surface area (Å²) in [6.45, 7) is 2.78. The maximum absolute atomic E-state index is 9.45. The van der Waals surface area contributed by atoms with Gasteiger partial charge >= 0.3 is 11.9 Å². The van der Waals surface area contributed by atoms with E-state index in [1.54, 1.807) is 0 Å². The molecule has 0 saturated heterocycles. The number of hydrogen-bond donors (Lipinski definition) is 6. The number of carbonyl (C=O) groups is 2. The fraction of sp³-hybridized carbons (Fsp3) is 0.800. The van der Waals surface area contributed by atoms with Gasteiger partial charge in [0.25, 0.3) is 0 Å². The van der Waals surface area contributed by atoms with E-state index in [1.807, 2.05) is 0 Å². The number of aliphatic hydroxyl groups excluding tert-OH is 4. The van der Waals surface area contributed by atoms with Gasteiger partial charge in [0.2, 0.25) is 0 Å². The van der Waals surface area contributed by atoms with Crippen LogP contribution in [0.4, 0.5) is 0 Å². The molecular weight excluding hydrogens is 248 g/mol. The lowest BCUT2D eigenvalue weighted by Crippen LogP contribution is -2.13. The number of unbranched alkanes of at least 4 members (excludes halogenated alkanes) is 1. The zero-order chi connectivity index (χ0) is 15.1. The monoisotopic (exact) mass is 270 g/mol. The molecule has 0 aliphatic rings. The molecular formula is C10H22O8. The molecule has 0 saturated carbocycles. The van der Waals surface area contributed by atoms with Crippen molar-refractivity contribution < 1.29 is 40.2 Å². The van der Waals surface area contributed by atoms with Gasteiger partial charge < -0.3 is 30.6 Å². The molecule has 8 heteroatoms. The van der Waals surface area contributed by atoms with E-state index < -0.39 is 24.1 Å². The van der Waals surface area contributed by atoms with Crippen molar-refractivity contribution in [2.75, 3.05) is 13.2 Å². The number of aliphatic hydroxyl groups is 4. The summed E-state index contributed by atoms with van der Waals surface area (Å²) < 4.78 is 0. The SMILES string of the molecule is C[C@@H](O)C(=O)O.C[C@H](O)C(=O)O.OCCCCO. The van der Waals surface area contributed by atoms with Crippen molar-refractivity contribution in [1.29, 1.82) is 0 Å². The summed E-state index contributed by atoms with van der Waals surface area (Å²) in [4.78, 5) is 18.9. The lowest BCUT2D eigenvalue weighted by atomic mass is 10.3. The minimum absolute atomic E-state index is 0.195. The van der Waals surface area contributed by atoms with E-state index in [9.17, 15) is 9.59 Å². The number of rotatable bonds is 5. The molecule has 0 aromatic heterocycles. The van der Waals surface area contributed by atoms with E-state index in [1.165, 1.54) is 13.8 Å². The fourth-order valence-corrected chi connectivity index (χ4v) is 0.224. The Balaban J connectivity index is -0.000000187. The second-order valence-electron chi connectivity index (χ2n) is 3.18. The quantitative estimate of drug-likeness (QED) is 0.335. The normalized spacial score (nSPS) is 12.1. The lowest BCUT2D eigenvalue weighted by molar-refractivity contribution is -0.146. The average Bonchev–Trinajstić information content (AvgIpc) is 2.27. The van der Waals surface area contributed by atoms with Crippen LogP contribution < -0.4 is 0 Å². The van der Waals surface area contributed by atoms with Gasteiger partial charge in [-0.3, -0.25) is 0 Å². The number of aliphatic carboxylic acids is 2. The second kappa shape index (κ2) is 15.8. The largest absolute Gasteiger partial charge is 0.479 e. The minimum Gasteiger partial charge on any atom is -0.479 e. The molecule has 8 nitrogen and oxygen atoms in total. The minimum atomic E-state index is -1.23. The Labute approximate surface area is 105 Å². The standard InChI is InChI=1S/C4H10O2.2C3H6O3/c5-3-1-2-4-6;2*1-2(4)3(5)6/h5-6H,1-4H2;2*2,4H,1H3,(H,5,6)/t;2*2-/m.10/s1. The third kappa shape index (κ3) is 29.3. The first-order chi connectivity index (χ1) is 8.20. The molecule has 18 heavy (non-hydrogen) atoms. The van der Waals surface area contributed by atoms with Crippen LogP contribution in [-0.2, 0) is 9.59 Å². The predicted octanol–water partition coefficient (Wildman–Crippen LogP) is -1.35. The molecule has 0 rings (SSSR count). The van der Waals surface area contributed by atoms with Gasteiger partial charge in [-0.25, -0.2) is 9.59 Å². The summed E-state index contributed by atoms with van der Waals surface area (Å²) in [5.74, 6) is -2.37. The molecule has 0 aromatic rings. The molecule has 110 valence electrons. The molecule has 0 aromatic carbocycles. The van der Waals surface area contributed by atoms with Crippen molar-refractivity contribution in [1.82, 2.24) is 0 Å². The van der Waals surface area contributed by atoms with E-state index in [4.69, 9.17) is 30.6 Å². The molecule has 6 N–H and O–H groups in total. The van der Waals surface area contributed by atoms with Gasteiger partial charge in [-0.2, -0.15) is 0 Å². The van der Waals surface area contributed by atoms with Crippen molar-refractivity contribution in [2.45, 2.75) is 38.9 Å². The maximum Gasteiger partial charge on any atom is 0.332 e. The summed E-state index contributed by atoms with van der Waals surface area (Å²) in [5.41, 5.74) is 0. The van der Waals surface area contributed by atoms with Crippen LogP contribution in [0.2, 0.25) is 0 Å². The Kier molecular flexibility index (Phi) is 19.3. The van der Waals surface area contributed by atoms with E-state index >= 15 is 0 Å². The highest BCUT2D eigenvalue weighted by atomic mass is 16.4. The van der Waals surface area contributed by atoms with Crippen molar-refractivity contribution in [3.8, 4) is 0 Å². The van der Waals surface area contributed by atoms with E-state index in [2.05, 4.69) is 0 Å². The zero-order valence-corrected chi connectivity index (χ0v) is 10.5. The van der Waals surface area contributed by atoms with Crippen LogP contribution in [0.1, 0.15) is 26.7 Å². The molecule has 2 atom stereocenters. The van der Waals surface area contributed by atoms with Gasteiger partial charge in [-0.15, -0.1) is 0 Å². The average molecular weight is 270 g/mol. The molecule has 0 spiro atoms. The summed E-state index contributed by atoms with van der Waals surface area (Å²) in [6, 6.07) is 0.